The topological polar surface area (TPSA) is 56.6 Å². The first-order chi connectivity index (χ1) is 15.7. The van der Waals surface area contributed by atoms with Crippen LogP contribution in [0.1, 0.15) is 50.8 Å². The van der Waals surface area contributed by atoms with Gasteiger partial charge < -0.3 is 18.9 Å². The summed E-state index contributed by atoms with van der Waals surface area (Å²) in [6.07, 6.45) is 4.62. The molecular weight excluding hydrogens is 402 g/mol. The van der Waals surface area contributed by atoms with Gasteiger partial charge in [-0.3, -0.25) is 4.79 Å². The summed E-state index contributed by atoms with van der Waals surface area (Å²) in [7, 11) is 1.66. The Balaban J connectivity index is 1.41. The van der Waals surface area contributed by atoms with E-state index in [-0.39, 0.29) is 11.8 Å². The van der Waals surface area contributed by atoms with Crippen LogP contribution >= 0.6 is 0 Å². The van der Waals surface area contributed by atoms with E-state index in [2.05, 4.69) is 29.7 Å². The summed E-state index contributed by atoms with van der Waals surface area (Å²) in [4.78, 5) is 19.5. The van der Waals surface area contributed by atoms with Gasteiger partial charge in [0.25, 0.3) is 0 Å². The van der Waals surface area contributed by atoms with E-state index in [9.17, 15) is 4.79 Å². The Morgan fingerprint density at radius 1 is 1.00 bits per heavy atom. The van der Waals surface area contributed by atoms with E-state index in [1.807, 2.05) is 35.2 Å². The zero-order valence-corrected chi connectivity index (χ0v) is 19.1. The normalized spacial score (nSPS) is 16.1. The van der Waals surface area contributed by atoms with Gasteiger partial charge in [0.15, 0.2) is 11.5 Å². The lowest BCUT2D eigenvalue weighted by Crippen LogP contribution is -2.26. The van der Waals surface area contributed by atoms with Gasteiger partial charge in [-0.1, -0.05) is 37.6 Å². The number of aromatic nitrogens is 2. The van der Waals surface area contributed by atoms with Gasteiger partial charge >= 0.3 is 0 Å². The number of benzene rings is 2. The van der Waals surface area contributed by atoms with E-state index in [0.717, 1.165) is 73.7 Å². The lowest BCUT2D eigenvalue weighted by atomic mass is 10.1. The number of likely N-dealkylation sites (tertiary alicyclic amines) is 1. The number of amides is 1. The van der Waals surface area contributed by atoms with E-state index in [4.69, 9.17) is 14.5 Å². The molecular formula is C26H33N3O3. The molecule has 32 heavy (non-hydrogen) atoms. The Bertz CT molecular complexity index is 1050. The average molecular weight is 436 g/mol. The van der Waals surface area contributed by atoms with Crippen molar-refractivity contribution in [2.24, 2.45) is 0 Å². The Labute approximate surface area is 190 Å². The number of rotatable bonds is 11. The summed E-state index contributed by atoms with van der Waals surface area (Å²) in [6, 6.07) is 16.0. The first-order valence-corrected chi connectivity index (χ1v) is 11.7. The van der Waals surface area contributed by atoms with Gasteiger partial charge in [-0.25, -0.2) is 4.98 Å². The van der Waals surface area contributed by atoms with Crippen molar-refractivity contribution in [3.63, 3.8) is 0 Å². The number of carbonyl (C=O) groups is 1. The summed E-state index contributed by atoms with van der Waals surface area (Å²) in [5.41, 5.74) is 2.15. The number of carbonyl (C=O) groups excluding carboxylic acids is 1. The number of hydrogen-bond acceptors (Lipinski definition) is 4. The quantitative estimate of drug-likeness (QED) is 0.397. The minimum absolute atomic E-state index is 0.164. The zero-order chi connectivity index (χ0) is 22.3. The first-order valence-electron chi connectivity index (χ1n) is 11.7. The third kappa shape index (κ3) is 4.90. The number of aryl methyl sites for hydroxylation is 1. The lowest BCUT2D eigenvalue weighted by molar-refractivity contribution is -0.127. The second-order valence-electron chi connectivity index (χ2n) is 8.41. The Morgan fingerprint density at radius 3 is 2.59 bits per heavy atom. The molecule has 1 amide bonds. The van der Waals surface area contributed by atoms with Crippen molar-refractivity contribution in [2.75, 3.05) is 26.8 Å². The molecule has 0 radical (unpaired) electrons. The molecule has 1 saturated heterocycles. The molecule has 2 aromatic carbocycles. The first kappa shape index (κ1) is 22.2. The molecule has 1 fully saturated rings. The smallest absolute Gasteiger partial charge is 0.223 e. The van der Waals surface area contributed by atoms with Crippen LogP contribution in [0.2, 0.25) is 0 Å². The summed E-state index contributed by atoms with van der Waals surface area (Å²) in [5.74, 6) is 3.00. The van der Waals surface area contributed by atoms with E-state index in [0.29, 0.717) is 13.0 Å². The lowest BCUT2D eigenvalue weighted by Gasteiger charge is -2.17. The largest absolute Gasteiger partial charge is 0.493 e. The molecule has 6 heteroatoms. The molecule has 6 nitrogen and oxygen atoms in total. The van der Waals surface area contributed by atoms with Crippen LogP contribution < -0.4 is 9.47 Å². The Morgan fingerprint density at radius 2 is 1.78 bits per heavy atom. The Kier molecular flexibility index (Phi) is 7.30. The highest BCUT2D eigenvalue weighted by Gasteiger charge is 2.33. The van der Waals surface area contributed by atoms with Gasteiger partial charge in [-0.2, -0.15) is 0 Å². The third-order valence-electron chi connectivity index (χ3n) is 6.15. The number of nitrogens with zero attached hydrogens (tertiary/aromatic N) is 3. The number of fused-ring (bicyclic) bond motifs is 1. The summed E-state index contributed by atoms with van der Waals surface area (Å²) in [6.45, 7) is 5.29. The third-order valence-corrected chi connectivity index (χ3v) is 6.15. The maximum atomic E-state index is 12.5. The van der Waals surface area contributed by atoms with Crippen molar-refractivity contribution in [2.45, 2.75) is 51.5 Å². The minimum atomic E-state index is 0.164. The Hall–Kier alpha value is -3.02. The molecule has 4 rings (SSSR count). The SMILES string of the molecule is CCCCN1CC(c2nc3ccccc3n2CCCCOc2ccccc2OC)CC1=O. The average Bonchev–Trinajstić information content (AvgIpc) is 3.37. The predicted octanol–water partition coefficient (Wildman–Crippen LogP) is 5.02. The molecule has 170 valence electrons. The van der Waals surface area contributed by atoms with E-state index < -0.39 is 0 Å². The maximum Gasteiger partial charge on any atom is 0.223 e. The maximum absolute atomic E-state index is 12.5. The summed E-state index contributed by atoms with van der Waals surface area (Å²) in [5, 5.41) is 0. The van der Waals surface area contributed by atoms with Crippen LogP contribution in [0.15, 0.2) is 48.5 Å². The van der Waals surface area contributed by atoms with Crippen LogP contribution in [0, 0.1) is 0 Å². The molecule has 1 aromatic heterocycles. The van der Waals surface area contributed by atoms with E-state index in [1.54, 1.807) is 7.11 Å². The molecule has 2 heterocycles. The number of methoxy groups -OCH3 is 1. The van der Waals surface area contributed by atoms with Crippen molar-refractivity contribution in [1.82, 2.24) is 14.5 Å². The van der Waals surface area contributed by atoms with E-state index in [1.165, 1.54) is 0 Å². The predicted molar refractivity (Wildman–Crippen MR) is 126 cm³/mol. The fourth-order valence-corrected chi connectivity index (χ4v) is 4.44. The molecule has 0 bridgehead atoms. The summed E-state index contributed by atoms with van der Waals surface area (Å²) >= 11 is 0. The van der Waals surface area contributed by atoms with Gasteiger partial charge in [-0.15, -0.1) is 0 Å². The van der Waals surface area contributed by atoms with Crippen molar-refractivity contribution in [3.8, 4) is 11.5 Å². The molecule has 1 aliphatic heterocycles. The molecule has 0 saturated carbocycles. The summed E-state index contributed by atoms with van der Waals surface area (Å²) < 4.78 is 13.6. The van der Waals surface area contributed by atoms with Crippen LogP contribution in [-0.2, 0) is 11.3 Å². The molecule has 1 unspecified atom stereocenters. The molecule has 1 aliphatic rings. The van der Waals surface area contributed by atoms with Crippen LogP contribution in [0.25, 0.3) is 11.0 Å². The second-order valence-corrected chi connectivity index (χ2v) is 8.41. The second kappa shape index (κ2) is 10.5. The monoisotopic (exact) mass is 435 g/mol. The van der Waals surface area contributed by atoms with Crippen molar-refractivity contribution >= 4 is 16.9 Å². The number of unbranched alkanes of at least 4 members (excludes halogenated alkanes) is 2. The number of hydrogen-bond donors (Lipinski definition) is 0. The fourth-order valence-electron chi connectivity index (χ4n) is 4.44. The van der Waals surface area contributed by atoms with Gasteiger partial charge in [0.2, 0.25) is 5.91 Å². The number of ether oxygens (including phenoxy) is 2. The van der Waals surface area contributed by atoms with Crippen molar-refractivity contribution in [3.05, 3.63) is 54.4 Å². The molecule has 3 aromatic rings. The molecule has 0 aliphatic carbocycles. The fraction of sp³-hybridized carbons (Fsp3) is 0.462. The minimum Gasteiger partial charge on any atom is -0.493 e. The van der Waals surface area contributed by atoms with Crippen LogP contribution in [0.5, 0.6) is 11.5 Å². The van der Waals surface area contributed by atoms with Crippen LogP contribution in [0.4, 0.5) is 0 Å². The highest BCUT2D eigenvalue weighted by Crippen LogP contribution is 2.31. The molecule has 0 N–H and O–H groups in total. The van der Waals surface area contributed by atoms with Crippen molar-refractivity contribution in [1.29, 1.82) is 0 Å². The molecule has 0 spiro atoms. The van der Waals surface area contributed by atoms with Crippen molar-refractivity contribution < 1.29 is 14.3 Å². The number of imidazole rings is 1. The van der Waals surface area contributed by atoms with Gasteiger partial charge in [0.1, 0.15) is 5.82 Å². The standard InChI is InChI=1S/C26H33N3O3/c1-3-4-15-28-19-20(18-25(28)30)26-27-21-11-5-6-12-22(21)29(26)16-9-10-17-32-24-14-8-7-13-23(24)31-2/h5-8,11-14,20H,3-4,9-10,15-19H2,1-2H3. The van der Waals surface area contributed by atoms with Gasteiger partial charge in [0, 0.05) is 32.0 Å². The van der Waals surface area contributed by atoms with Gasteiger partial charge in [0.05, 0.1) is 24.8 Å². The van der Waals surface area contributed by atoms with Crippen LogP contribution in [-0.4, -0.2) is 47.2 Å². The van der Waals surface area contributed by atoms with Crippen LogP contribution in [0.3, 0.4) is 0 Å². The highest BCUT2D eigenvalue weighted by molar-refractivity contribution is 5.80. The highest BCUT2D eigenvalue weighted by atomic mass is 16.5. The zero-order valence-electron chi connectivity index (χ0n) is 19.1. The number of para-hydroxylation sites is 4. The molecule has 1 atom stereocenters. The van der Waals surface area contributed by atoms with Gasteiger partial charge in [-0.05, 0) is 43.5 Å². The van der Waals surface area contributed by atoms with E-state index >= 15 is 0 Å².